The molecule has 0 saturated carbocycles. The molecular weight excluding hydrogens is 217 g/mol. The van der Waals surface area contributed by atoms with Gasteiger partial charge in [-0.1, -0.05) is 24.3 Å². The number of halogens is 1. The van der Waals surface area contributed by atoms with Crippen molar-refractivity contribution < 1.29 is 9.13 Å². The van der Waals surface area contributed by atoms with Crippen molar-refractivity contribution in [2.24, 2.45) is 0 Å². The summed E-state index contributed by atoms with van der Waals surface area (Å²) in [4.78, 5) is 0. The van der Waals surface area contributed by atoms with Gasteiger partial charge < -0.3 is 4.74 Å². The zero-order chi connectivity index (χ0) is 11.8. The first-order chi connectivity index (χ1) is 8.29. The normalized spacial score (nSPS) is 20.4. The molecule has 0 amide bonds. The van der Waals surface area contributed by atoms with Crippen LogP contribution in [0.3, 0.4) is 0 Å². The highest BCUT2D eigenvalue weighted by Gasteiger charge is 2.20. The molecule has 0 bridgehead atoms. The fraction of sp³-hybridized carbons (Fsp3) is 0.0714. The molecule has 1 aromatic carbocycles. The maximum Gasteiger partial charge on any atom is 0.206 e. The maximum absolute atomic E-state index is 13.2. The molecule has 82 valence electrons. The van der Waals surface area contributed by atoms with E-state index in [0.29, 0.717) is 5.22 Å². The first-order valence-corrected chi connectivity index (χ1v) is 5.25. The molecule has 3 heteroatoms. The Kier molecular flexibility index (Phi) is 2.09. The molecule has 1 aliphatic carbocycles. The van der Waals surface area contributed by atoms with Crippen LogP contribution in [0.25, 0.3) is 11.3 Å². The Morgan fingerprint density at radius 2 is 2.12 bits per heavy atom. The summed E-state index contributed by atoms with van der Waals surface area (Å²) in [7, 11) is 0. The van der Waals surface area contributed by atoms with Crippen LogP contribution in [-0.2, 0) is 4.74 Å². The summed E-state index contributed by atoms with van der Waals surface area (Å²) in [6, 6.07) is 6.40. The molecule has 2 aliphatic rings. The minimum atomic E-state index is -0.366. The monoisotopic (exact) mass is 225 g/mol. The topological polar surface area (TPSA) is 33.0 Å². The third-order valence-electron chi connectivity index (χ3n) is 2.86. The summed E-state index contributed by atoms with van der Waals surface area (Å²) in [5.74, 6) is -0.192. The van der Waals surface area contributed by atoms with Crippen molar-refractivity contribution in [1.82, 2.24) is 0 Å². The molecule has 0 spiro atoms. The average Bonchev–Trinajstić information content (AvgIpc) is 2.37. The van der Waals surface area contributed by atoms with E-state index in [4.69, 9.17) is 10.00 Å². The van der Waals surface area contributed by atoms with E-state index < -0.39 is 0 Å². The molecule has 1 unspecified atom stereocenters. The lowest BCUT2D eigenvalue weighted by Gasteiger charge is -2.22. The molecule has 0 aromatic heterocycles. The van der Waals surface area contributed by atoms with Crippen LogP contribution in [0.15, 0.2) is 42.5 Å². The molecule has 17 heavy (non-hydrogen) atoms. The van der Waals surface area contributed by atoms with Crippen LogP contribution in [0, 0.1) is 17.1 Å². The number of allylic oxidation sites excluding steroid dienone is 2. The Bertz CT molecular complexity index is 707. The van der Waals surface area contributed by atoms with E-state index in [1.54, 1.807) is 6.07 Å². The minimum Gasteiger partial charge on any atom is -0.471 e. The summed E-state index contributed by atoms with van der Waals surface area (Å²) in [6.07, 6.45) is 7.33. The minimum absolute atomic E-state index is 0.174. The molecule has 2 nitrogen and oxygen atoms in total. The average molecular weight is 225 g/mol. The van der Waals surface area contributed by atoms with Gasteiger partial charge in [0, 0.05) is 10.8 Å². The van der Waals surface area contributed by atoms with Gasteiger partial charge >= 0.3 is 0 Å². The SMILES string of the molecule is N#CC1=c2cc(F)ccc2=C2C=CC=CC2O1. The lowest BCUT2D eigenvalue weighted by Crippen LogP contribution is -2.38. The summed E-state index contributed by atoms with van der Waals surface area (Å²) >= 11 is 0. The lowest BCUT2D eigenvalue weighted by atomic mass is 9.98. The molecule has 0 N–H and O–H groups in total. The Morgan fingerprint density at radius 1 is 1.24 bits per heavy atom. The van der Waals surface area contributed by atoms with Crippen molar-refractivity contribution in [3.05, 3.63) is 58.8 Å². The van der Waals surface area contributed by atoms with E-state index >= 15 is 0 Å². The van der Waals surface area contributed by atoms with Gasteiger partial charge in [-0.15, -0.1) is 0 Å². The molecule has 1 aliphatic heterocycles. The number of nitriles is 1. The number of hydrogen-bond donors (Lipinski definition) is 0. The van der Waals surface area contributed by atoms with E-state index in [0.717, 1.165) is 10.8 Å². The van der Waals surface area contributed by atoms with Crippen LogP contribution in [-0.4, -0.2) is 6.10 Å². The highest BCUT2D eigenvalue weighted by atomic mass is 19.1. The third kappa shape index (κ3) is 1.46. The molecule has 0 saturated heterocycles. The summed E-state index contributed by atoms with van der Waals surface area (Å²) in [6.45, 7) is 0. The Balaban J connectivity index is 2.46. The van der Waals surface area contributed by atoms with Crippen molar-refractivity contribution in [2.45, 2.75) is 6.10 Å². The van der Waals surface area contributed by atoms with Crippen molar-refractivity contribution in [3.63, 3.8) is 0 Å². The lowest BCUT2D eigenvalue weighted by molar-refractivity contribution is 0.260. The number of benzene rings is 1. The van der Waals surface area contributed by atoms with E-state index in [-0.39, 0.29) is 17.7 Å². The molecule has 0 fully saturated rings. The van der Waals surface area contributed by atoms with Crippen molar-refractivity contribution in [1.29, 1.82) is 5.26 Å². The second-order valence-corrected chi connectivity index (χ2v) is 3.87. The zero-order valence-electron chi connectivity index (χ0n) is 8.85. The van der Waals surface area contributed by atoms with Crippen LogP contribution in [0.4, 0.5) is 4.39 Å². The van der Waals surface area contributed by atoms with Crippen LogP contribution in [0.2, 0.25) is 0 Å². The highest BCUT2D eigenvalue weighted by molar-refractivity contribution is 5.71. The highest BCUT2D eigenvalue weighted by Crippen LogP contribution is 2.19. The van der Waals surface area contributed by atoms with Gasteiger partial charge in [0.2, 0.25) is 5.76 Å². The van der Waals surface area contributed by atoms with E-state index in [1.165, 1.54) is 12.1 Å². The molecular formula is C14H8FNO. The molecule has 1 heterocycles. The Morgan fingerprint density at radius 3 is 2.94 bits per heavy atom. The largest absolute Gasteiger partial charge is 0.471 e. The van der Waals surface area contributed by atoms with Gasteiger partial charge in [0.1, 0.15) is 18.0 Å². The van der Waals surface area contributed by atoms with Crippen LogP contribution in [0.5, 0.6) is 0 Å². The van der Waals surface area contributed by atoms with Crippen molar-refractivity contribution in [3.8, 4) is 6.07 Å². The second kappa shape index (κ2) is 3.60. The summed E-state index contributed by atoms with van der Waals surface area (Å²) < 4.78 is 18.7. The van der Waals surface area contributed by atoms with E-state index in [1.807, 2.05) is 30.4 Å². The number of hydrogen-bond acceptors (Lipinski definition) is 2. The van der Waals surface area contributed by atoms with Crippen LogP contribution in [0.1, 0.15) is 0 Å². The number of nitrogens with zero attached hydrogens (tertiary/aromatic N) is 1. The fourth-order valence-electron chi connectivity index (χ4n) is 2.10. The number of fused-ring (bicyclic) bond motifs is 2. The van der Waals surface area contributed by atoms with E-state index in [9.17, 15) is 4.39 Å². The van der Waals surface area contributed by atoms with Gasteiger partial charge in [-0.05, 0) is 23.4 Å². The summed E-state index contributed by atoms with van der Waals surface area (Å²) in [5.41, 5.74) is 0.960. The molecule has 1 aromatic rings. The van der Waals surface area contributed by atoms with Gasteiger partial charge in [-0.2, -0.15) is 5.26 Å². The maximum atomic E-state index is 13.2. The number of ether oxygens (including phenoxy) is 1. The zero-order valence-corrected chi connectivity index (χ0v) is 8.85. The van der Waals surface area contributed by atoms with Crippen molar-refractivity contribution >= 4 is 11.3 Å². The first-order valence-electron chi connectivity index (χ1n) is 5.25. The molecule has 0 radical (unpaired) electrons. The predicted octanol–water partition coefficient (Wildman–Crippen LogP) is 1.13. The first kappa shape index (κ1) is 9.86. The van der Waals surface area contributed by atoms with Gasteiger partial charge in [0.15, 0.2) is 0 Å². The Hall–Kier alpha value is -2.34. The summed E-state index contributed by atoms with van der Waals surface area (Å²) in [5, 5.41) is 10.4. The Labute approximate surface area is 97.3 Å². The standard InChI is InChI=1S/C14H8FNO/c15-9-5-6-10-11-3-1-2-4-13(11)17-14(8-16)12(10)7-9/h1-7,13H. The molecule has 3 rings (SSSR count). The van der Waals surface area contributed by atoms with Crippen molar-refractivity contribution in [2.75, 3.05) is 0 Å². The number of rotatable bonds is 0. The van der Waals surface area contributed by atoms with Gasteiger partial charge in [-0.3, -0.25) is 0 Å². The van der Waals surface area contributed by atoms with Gasteiger partial charge in [0.05, 0.1) is 0 Å². The second-order valence-electron chi connectivity index (χ2n) is 3.87. The van der Waals surface area contributed by atoms with Gasteiger partial charge in [0.25, 0.3) is 0 Å². The fourth-order valence-corrected chi connectivity index (χ4v) is 2.10. The van der Waals surface area contributed by atoms with Crippen LogP contribution >= 0.6 is 0 Å². The third-order valence-corrected chi connectivity index (χ3v) is 2.86. The predicted molar refractivity (Wildman–Crippen MR) is 61.2 cm³/mol. The van der Waals surface area contributed by atoms with E-state index in [2.05, 4.69) is 0 Å². The molecule has 1 atom stereocenters. The smallest absolute Gasteiger partial charge is 0.206 e. The quantitative estimate of drug-likeness (QED) is 0.663. The van der Waals surface area contributed by atoms with Gasteiger partial charge in [-0.25, -0.2) is 4.39 Å². The van der Waals surface area contributed by atoms with Crippen LogP contribution < -0.4 is 10.4 Å².